The van der Waals surface area contributed by atoms with Crippen molar-refractivity contribution in [1.29, 1.82) is 0 Å². The zero-order chi connectivity index (χ0) is 18.0. The monoisotopic (exact) mass is 343 g/mol. The van der Waals surface area contributed by atoms with Crippen LogP contribution in [0.25, 0.3) is 0 Å². The summed E-state index contributed by atoms with van der Waals surface area (Å²) in [6.45, 7) is 5.88. The topological polar surface area (TPSA) is 70.2 Å². The molecule has 3 unspecified atom stereocenters. The van der Waals surface area contributed by atoms with Crippen LogP contribution in [0.1, 0.15) is 55.5 Å². The molecule has 2 bridgehead atoms. The SMILES string of the molecule is Cc1cccc(C(=O)NC(C(=O)NC2CC3CCC(C2)N3)C(C)C)c1. The Labute approximate surface area is 150 Å². The Kier molecular flexibility index (Phi) is 5.42. The molecule has 5 nitrogen and oxygen atoms in total. The summed E-state index contributed by atoms with van der Waals surface area (Å²) < 4.78 is 0. The highest BCUT2D eigenvalue weighted by molar-refractivity contribution is 5.97. The van der Waals surface area contributed by atoms with Crippen molar-refractivity contribution >= 4 is 11.8 Å². The molecule has 1 aromatic carbocycles. The Morgan fingerprint density at radius 3 is 2.44 bits per heavy atom. The number of hydrogen-bond acceptors (Lipinski definition) is 3. The third-order valence-electron chi connectivity index (χ3n) is 5.34. The van der Waals surface area contributed by atoms with E-state index in [2.05, 4.69) is 16.0 Å². The number of rotatable bonds is 5. The Hall–Kier alpha value is -1.88. The van der Waals surface area contributed by atoms with Gasteiger partial charge in [0.25, 0.3) is 5.91 Å². The number of piperidine rings is 1. The van der Waals surface area contributed by atoms with E-state index in [1.165, 1.54) is 12.8 Å². The van der Waals surface area contributed by atoms with Gasteiger partial charge in [-0.15, -0.1) is 0 Å². The maximum atomic E-state index is 12.8. The van der Waals surface area contributed by atoms with Gasteiger partial charge in [0.2, 0.25) is 5.91 Å². The molecule has 2 aliphatic rings. The van der Waals surface area contributed by atoms with Crippen LogP contribution in [0, 0.1) is 12.8 Å². The lowest BCUT2D eigenvalue weighted by molar-refractivity contribution is -0.124. The number of fused-ring (bicyclic) bond motifs is 2. The number of benzene rings is 1. The van der Waals surface area contributed by atoms with Crippen LogP contribution in [0.3, 0.4) is 0 Å². The van der Waals surface area contributed by atoms with E-state index in [1.54, 1.807) is 6.07 Å². The largest absolute Gasteiger partial charge is 0.351 e. The van der Waals surface area contributed by atoms with E-state index in [9.17, 15) is 9.59 Å². The lowest BCUT2D eigenvalue weighted by Gasteiger charge is -2.31. The molecule has 2 heterocycles. The second kappa shape index (κ2) is 7.56. The lowest BCUT2D eigenvalue weighted by atomic mass is 9.97. The molecule has 2 aliphatic heterocycles. The first-order chi connectivity index (χ1) is 11.9. The van der Waals surface area contributed by atoms with Gasteiger partial charge < -0.3 is 16.0 Å². The summed E-state index contributed by atoms with van der Waals surface area (Å²) in [4.78, 5) is 25.3. The summed E-state index contributed by atoms with van der Waals surface area (Å²) in [6.07, 6.45) is 4.38. The molecule has 0 saturated carbocycles. The molecule has 0 aliphatic carbocycles. The molecule has 5 heteroatoms. The van der Waals surface area contributed by atoms with Gasteiger partial charge in [0.15, 0.2) is 0 Å². The third kappa shape index (κ3) is 4.40. The van der Waals surface area contributed by atoms with Crippen LogP contribution in [0.2, 0.25) is 0 Å². The lowest BCUT2D eigenvalue weighted by Crippen LogP contribution is -2.55. The molecule has 3 N–H and O–H groups in total. The molecule has 3 atom stereocenters. The van der Waals surface area contributed by atoms with E-state index in [4.69, 9.17) is 0 Å². The molecule has 136 valence electrons. The van der Waals surface area contributed by atoms with E-state index in [0.29, 0.717) is 17.6 Å². The average Bonchev–Trinajstić information content (AvgIpc) is 2.90. The Morgan fingerprint density at radius 1 is 1.16 bits per heavy atom. The predicted molar refractivity (Wildman–Crippen MR) is 98.4 cm³/mol. The summed E-state index contributed by atoms with van der Waals surface area (Å²) >= 11 is 0. The van der Waals surface area contributed by atoms with Gasteiger partial charge >= 0.3 is 0 Å². The standard InChI is InChI=1S/C20H29N3O2/c1-12(2)18(23-19(24)14-6-4-5-13(3)9-14)20(25)22-17-10-15-7-8-16(11-17)21-15/h4-6,9,12,15-18,21H,7-8,10-11H2,1-3H3,(H,22,25)(H,23,24). The Balaban J connectivity index is 1.62. The van der Waals surface area contributed by atoms with Gasteiger partial charge in [0.05, 0.1) is 0 Å². The van der Waals surface area contributed by atoms with Crippen LogP contribution >= 0.6 is 0 Å². The van der Waals surface area contributed by atoms with Crippen molar-refractivity contribution in [2.24, 2.45) is 5.92 Å². The minimum absolute atomic E-state index is 0.0344. The Morgan fingerprint density at radius 2 is 1.84 bits per heavy atom. The molecule has 2 amide bonds. The summed E-state index contributed by atoms with van der Waals surface area (Å²) in [5.41, 5.74) is 1.63. The fourth-order valence-corrected chi connectivity index (χ4v) is 4.01. The van der Waals surface area contributed by atoms with Crippen LogP contribution in [0.5, 0.6) is 0 Å². The summed E-state index contributed by atoms with van der Waals surface area (Å²) in [6, 6.07) is 8.20. The number of nitrogens with one attached hydrogen (secondary N) is 3. The molecule has 2 saturated heterocycles. The average molecular weight is 343 g/mol. The van der Waals surface area contributed by atoms with E-state index < -0.39 is 6.04 Å². The van der Waals surface area contributed by atoms with Crippen molar-refractivity contribution in [3.8, 4) is 0 Å². The first kappa shape index (κ1) is 17.9. The molecule has 2 fully saturated rings. The van der Waals surface area contributed by atoms with Gasteiger partial charge in [-0.25, -0.2) is 0 Å². The summed E-state index contributed by atoms with van der Waals surface area (Å²) in [5, 5.41) is 9.68. The molecule has 0 aromatic heterocycles. The second-order valence-electron chi connectivity index (χ2n) is 7.88. The Bertz CT molecular complexity index is 632. The maximum absolute atomic E-state index is 12.8. The highest BCUT2D eigenvalue weighted by Crippen LogP contribution is 2.26. The van der Waals surface area contributed by atoms with Gasteiger partial charge in [0, 0.05) is 23.7 Å². The smallest absolute Gasteiger partial charge is 0.251 e. The molecule has 1 aromatic rings. The molecule has 0 radical (unpaired) electrons. The molecule has 0 spiro atoms. The quantitative estimate of drug-likeness (QED) is 0.767. The van der Waals surface area contributed by atoms with Crippen LogP contribution in [-0.2, 0) is 4.79 Å². The number of hydrogen-bond donors (Lipinski definition) is 3. The van der Waals surface area contributed by atoms with Crippen molar-refractivity contribution < 1.29 is 9.59 Å². The van der Waals surface area contributed by atoms with E-state index in [0.717, 1.165) is 18.4 Å². The van der Waals surface area contributed by atoms with Gasteiger partial charge in [-0.3, -0.25) is 9.59 Å². The van der Waals surface area contributed by atoms with Gasteiger partial charge in [-0.2, -0.15) is 0 Å². The highest BCUT2D eigenvalue weighted by Gasteiger charge is 2.35. The minimum atomic E-state index is -0.513. The first-order valence-corrected chi connectivity index (χ1v) is 9.36. The van der Waals surface area contributed by atoms with Crippen LogP contribution in [0.4, 0.5) is 0 Å². The van der Waals surface area contributed by atoms with Gasteiger partial charge in [0.1, 0.15) is 6.04 Å². The minimum Gasteiger partial charge on any atom is -0.351 e. The van der Waals surface area contributed by atoms with Crippen molar-refractivity contribution in [1.82, 2.24) is 16.0 Å². The predicted octanol–water partition coefficient (Wildman–Crippen LogP) is 2.15. The zero-order valence-electron chi connectivity index (χ0n) is 15.3. The van der Waals surface area contributed by atoms with Crippen molar-refractivity contribution in [2.75, 3.05) is 0 Å². The number of amides is 2. The summed E-state index contributed by atoms with van der Waals surface area (Å²) in [7, 11) is 0. The van der Waals surface area contributed by atoms with Crippen molar-refractivity contribution in [3.05, 3.63) is 35.4 Å². The second-order valence-corrected chi connectivity index (χ2v) is 7.88. The third-order valence-corrected chi connectivity index (χ3v) is 5.34. The maximum Gasteiger partial charge on any atom is 0.251 e. The molecule has 3 rings (SSSR count). The fraction of sp³-hybridized carbons (Fsp3) is 0.600. The normalized spacial score (nSPS) is 26.3. The molecular formula is C20H29N3O2. The van der Waals surface area contributed by atoms with Crippen molar-refractivity contribution in [2.45, 2.75) is 70.6 Å². The van der Waals surface area contributed by atoms with E-state index in [1.807, 2.05) is 39.0 Å². The van der Waals surface area contributed by atoms with E-state index >= 15 is 0 Å². The zero-order valence-corrected chi connectivity index (χ0v) is 15.3. The van der Waals surface area contributed by atoms with E-state index in [-0.39, 0.29) is 23.8 Å². The van der Waals surface area contributed by atoms with Crippen molar-refractivity contribution in [3.63, 3.8) is 0 Å². The summed E-state index contributed by atoms with van der Waals surface area (Å²) in [5.74, 6) is -0.225. The van der Waals surface area contributed by atoms with Crippen LogP contribution < -0.4 is 16.0 Å². The van der Waals surface area contributed by atoms with Gasteiger partial charge in [-0.05, 0) is 50.7 Å². The van der Waals surface area contributed by atoms with Crippen LogP contribution in [-0.4, -0.2) is 36.0 Å². The first-order valence-electron chi connectivity index (χ1n) is 9.36. The number of aryl methyl sites for hydroxylation is 1. The molecular weight excluding hydrogens is 314 g/mol. The fourth-order valence-electron chi connectivity index (χ4n) is 4.01. The van der Waals surface area contributed by atoms with Gasteiger partial charge in [-0.1, -0.05) is 31.5 Å². The van der Waals surface area contributed by atoms with Crippen LogP contribution in [0.15, 0.2) is 24.3 Å². The highest BCUT2D eigenvalue weighted by atomic mass is 16.2. The number of carbonyl (C=O) groups is 2. The number of carbonyl (C=O) groups excluding carboxylic acids is 2. The molecule has 25 heavy (non-hydrogen) atoms.